The number of hydrogen-bond donors (Lipinski definition) is 0. The molecule has 230 valence electrons. The molecular weight excluding hydrogens is 597 g/mol. The van der Waals surface area contributed by atoms with E-state index in [4.69, 9.17) is 15.0 Å². The normalized spacial score (nSPS) is 11.3. The highest BCUT2D eigenvalue weighted by atomic mass is 15.0. The van der Waals surface area contributed by atoms with E-state index in [2.05, 4.69) is 126 Å². The highest BCUT2D eigenvalue weighted by Crippen LogP contribution is 2.38. The highest BCUT2D eigenvalue weighted by Gasteiger charge is 2.16. The molecule has 0 radical (unpaired) electrons. The number of benzene rings is 7. The van der Waals surface area contributed by atoms with Gasteiger partial charge in [0.05, 0.1) is 11.0 Å². The smallest absolute Gasteiger partial charge is 0.164 e. The summed E-state index contributed by atoms with van der Waals surface area (Å²) in [4.78, 5) is 14.7. The molecule has 7 aromatic carbocycles. The van der Waals surface area contributed by atoms with E-state index in [0.29, 0.717) is 17.5 Å². The van der Waals surface area contributed by atoms with Crippen LogP contribution in [0.1, 0.15) is 0 Å². The predicted octanol–water partition coefficient (Wildman–Crippen LogP) is 11.3. The first kappa shape index (κ1) is 28.6. The van der Waals surface area contributed by atoms with Gasteiger partial charge in [-0.3, -0.25) is 0 Å². The lowest BCUT2D eigenvalue weighted by atomic mass is 9.94. The molecular formula is C45H30N4. The van der Waals surface area contributed by atoms with Crippen molar-refractivity contribution in [1.29, 1.82) is 0 Å². The van der Waals surface area contributed by atoms with Crippen LogP contribution in [0.3, 0.4) is 0 Å². The van der Waals surface area contributed by atoms with E-state index in [1.165, 1.54) is 33.0 Å². The van der Waals surface area contributed by atoms with Gasteiger partial charge < -0.3 is 4.57 Å². The van der Waals surface area contributed by atoms with Crippen molar-refractivity contribution < 1.29 is 0 Å². The Morgan fingerprint density at radius 2 is 0.735 bits per heavy atom. The van der Waals surface area contributed by atoms with Gasteiger partial charge in [-0.05, 0) is 58.7 Å². The fourth-order valence-corrected chi connectivity index (χ4v) is 6.72. The molecule has 0 aliphatic heterocycles. The van der Waals surface area contributed by atoms with Crippen LogP contribution in [-0.2, 0) is 0 Å². The average molecular weight is 627 g/mol. The van der Waals surface area contributed by atoms with Crippen molar-refractivity contribution >= 4 is 21.8 Å². The molecule has 9 rings (SSSR count). The van der Waals surface area contributed by atoms with E-state index >= 15 is 0 Å². The van der Waals surface area contributed by atoms with E-state index in [9.17, 15) is 0 Å². The lowest BCUT2D eigenvalue weighted by Crippen LogP contribution is -2.00. The van der Waals surface area contributed by atoms with Crippen molar-refractivity contribution in [2.75, 3.05) is 0 Å². The maximum atomic E-state index is 4.94. The fourth-order valence-electron chi connectivity index (χ4n) is 6.72. The van der Waals surface area contributed by atoms with Gasteiger partial charge in [0.15, 0.2) is 17.5 Å². The largest absolute Gasteiger partial charge is 0.309 e. The van der Waals surface area contributed by atoms with Crippen LogP contribution < -0.4 is 0 Å². The van der Waals surface area contributed by atoms with Crippen LogP contribution in [0.15, 0.2) is 182 Å². The number of fused-ring (bicyclic) bond motifs is 3. The van der Waals surface area contributed by atoms with Gasteiger partial charge in [-0.2, -0.15) is 0 Å². The van der Waals surface area contributed by atoms with Gasteiger partial charge >= 0.3 is 0 Å². The lowest BCUT2D eigenvalue weighted by Gasteiger charge is -2.13. The Morgan fingerprint density at radius 1 is 0.306 bits per heavy atom. The van der Waals surface area contributed by atoms with Gasteiger partial charge in [-0.15, -0.1) is 0 Å². The molecule has 9 aromatic rings. The van der Waals surface area contributed by atoms with Crippen LogP contribution in [0.5, 0.6) is 0 Å². The van der Waals surface area contributed by atoms with Crippen molar-refractivity contribution in [2.24, 2.45) is 0 Å². The van der Waals surface area contributed by atoms with Crippen LogP contribution in [0.25, 0.3) is 83.9 Å². The topological polar surface area (TPSA) is 43.6 Å². The minimum Gasteiger partial charge on any atom is -0.309 e. The minimum absolute atomic E-state index is 0.640. The molecule has 0 aliphatic carbocycles. The summed E-state index contributed by atoms with van der Waals surface area (Å²) >= 11 is 0. The summed E-state index contributed by atoms with van der Waals surface area (Å²) in [6, 6.07) is 63.5. The average Bonchev–Trinajstić information content (AvgIpc) is 3.52. The van der Waals surface area contributed by atoms with Gasteiger partial charge in [0.25, 0.3) is 0 Å². The molecule has 0 N–H and O–H groups in total. The van der Waals surface area contributed by atoms with Crippen LogP contribution in [0, 0.1) is 0 Å². The summed E-state index contributed by atoms with van der Waals surface area (Å²) in [7, 11) is 0. The van der Waals surface area contributed by atoms with E-state index in [1.807, 2.05) is 60.7 Å². The number of hydrogen-bond acceptors (Lipinski definition) is 3. The van der Waals surface area contributed by atoms with E-state index in [-0.39, 0.29) is 0 Å². The second-order valence-electron chi connectivity index (χ2n) is 12.1. The quantitative estimate of drug-likeness (QED) is 0.184. The predicted molar refractivity (Wildman–Crippen MR) is 201 cm³/mol. The Balaban J connectivity index is 1.18. The fraction of sp³-hybridized carbons (Fsp3) is 0. The third-order valence-electron chi connectivity index (χ3n) is 9.08. The first-order valence-corrected chi connectivity index (χ1v) is 16.5. The molecule has 0 bridgehead atoms. The number of rotatable bonds is 6. The second-order valence-corrected chi connectivity index (χ2v) is 12.1. The zero-order chi connectivity index (χ0) is 32.6. The molecule has 0 fully saturated rings. The maximum absolute atomic E-state index is 4.94. The molecule has 0 atom stereocenters. The summed E-state index contributed by atoms with van der Waals surface area (Å²) in [5.41, 5.74) is 11.0. The molecule has 0 saturated heterocycles. The van der Waals surface area contributed by atoms with E-state index in [1.54, 1.807) is 0 Å². The Hall–Kier alpha value is -6.65. The van der Waals surface area contributed by atoms with Crippen LogP contribution >= 0.6 is 0 Å². The summed E-state index contributed by atoms with van der Waals surface area (Å²) in [5.74, 6) is 1.94. The van der Waals surface area contributed by atoms with Crippen molar-refractivity contribution in [3.63, 3.8) is 0 Å². The van der Waals surface area contributed by atoms with Crippen LogP contribution in [0.4, 0.5) is 0 Å². The molecule has 4 nitrogen and oxygen atoms in total. The SMILES string of the molecule is c1ccc(-c2nc(-c3ccccc3)nc(-c3ccc(-n4c5ccccc5c5ccc(-c6ccccc6-c6ccccc6)cc54)cc3)n2)cc1. The zero-order valence-corrected chi connectivity index (χ0v) is 26.6. The summed E-state index contributed by atoms with van der Waals surface area (Å²) < 4.78 is 2.36. The zero-order valence-electron chi connectivity index (χ0n) is 26.6. The second kappa shape index (κ2) is 12.2. The Bertz CT molecular complexity index is 2520. The maximum Gasteiger partial charge on any atom is 0.164 e. The van der Waals surface area contributed by atoms with Gasteiger partial charge in [-0.25, -0.2) is 15.0 Å². The minimum atomic E-state index is 0.640. The first-order chi connectivity index (χ1) is 24.3. The molecule has 0 unspecified atom stereocenters. The number of nitrogens with zero attached hydrogens (tertiary/aromatic N) is 4. The van der Waals surface area contributed by atoms with Crippen molar-refractivity contribution in [2.45, 2.75) is 0 Å². The first-order valence-electron chi connectivity index (χ1n) is 16.5. The third kappa shape index (κ3) is 5.26. The van der Waals surface area contributed by atoms with Gasteiger partial charge in [0.1, 0.15) is 0 Å². The van der Waals surface area contributed by atoms with Crippen molar-refractivity contribution in [3.05, 3.63) is 182 Å². The molecule has 2 heterocycles. The Morgan fingerprint density at radius 3 is 1.33 bits per heavy atom. The van der Waals surface area contributed by atoms with Gasteiger partial charge in [0, 0.05) is 33.2 Å². The summed E-state index contributed by atoms with van der Waals surface area (Å²) in [6.45, 7) is 0. The number of aromatic nitrogens is 4. The summed E-state index contributed by atoms with van der Waals surface area (Å²) in [6.07, 6.45) is 0. The monoisotopic (exact) mass is 626 g/mol. The Kier molecular flexibility index (Phi) is 7.10. The molecule has 4 heteroatoms. The number of para-hydroxylation sites is 1. The molecule has 0 spiro atoms. The standard InChI is InChI=1S/C45H30N4/c1-4-14-31(15-5-1)37-20-10-11-21-38(37)35-26-29-40-39-22-12-13-23-41(39)49(42(40)30-35)36-27-24-34(25-28-36)45-47-43(32-16-6-2-7-17-32)46-44(48-45)33-18-8-3-9-19-33/h1-30H. The molecule has 0 aliphatic rings. The van der Waals surface area contributed by atoms with Crippen molar-refractivity contribution in [3.8, 4) is 62.1 Å². The molecule has 0 saturated carbocycles. The Labute approximate surface area is 284 Å². The van der Waals surface area contributed by atoms with E-state index in [0.717, 1.165) is 33.4 Å². The van der Waals surface area contributed by atoms with Gasteiger partial charge in [0.2, 0.25) is 0 Å². The lowest BCUT2D eigenvalue weighted by molar-refractivity contribution is 1.07. The van der Waals surface area contributed by atoms with Crippen molar-refractivity contribution in [1.82, 2.24) is 19.5 Å². The van der Waals surface area contributed by atoms with Crippen LogP contribution in [-0.4, -0.2) is 19.5 Å². The summed E-state index contributed by atoms with van der Waals surface area (Å²) in [5, 5.41) is 2.44. The molecule has 0 amide bonds. The van der Waals surface area contributed by atoms with Gasteiger partial charge in [-0.1, -0.05) is 146 Å². The highest BCUT2D eigenvalue weighted by molar-refractivity contribution is 6.10. The third-order valence-corrected chi connectivity index (χ3v) is 9.08. The van der Waals surface area contributed by atoms with Crippen LogP contribution in [0.2, 0.25) is 0 Å². The molecule has 49 heavy (non-hydrogen) atoms. The van der Waals surface area contributed by atoms with E-state index < -0.39 is 0 Å². The molecule has 2 aromatic heterocycles.